The average Bonchev–Trinajstić information content (AvgIpc) is 2.28. The van der Waals surface area contributed by atoms with Gasteiger partial charge in [-0.15, -0.1) is 0 Å². The van der Waals surface area contributed by atoms with Gasteiger partial charge in [-0.05, 0) is 37.1 Å². The molecule has 0 radical (unpaired) electrons. The zero-order chi connectivity index (χ0) is 11.7. The highest BCUT2D eigenvalue weighted by Gasteiger charge is 2.10. The van der Waals surface area contributed by atoms with Crippen molar-refractivity contribution in [3.8, 4) is 0 Å². The second-order valence-electron chi connectivity index (χ2n) is 3.82. The van der Waals surface area contributed by atoms with Crippen molar-refractivity contribution in [1.29, 1.82) is 0 Å². The maximum absolute atomic E-state index is 4.64. The van der Waals surface area contributed by atoms with Gasteiger partial charge in [0.05, 0.1) is 5.52 Å². The third kappa shape index (κ3) is 1.80. The molecule has 0 saturated heterocycles. The number of halogens is 1. The standard InChI is InChI=1S/C13H15BrN2/c1-4-10-8(2)16-12-6-5-9(14)7-11(12)13(10)15-3/h5-7H,4H2,1-3H3,(H,15,16). The molecular weight excluding hydrogens is 264 g/mol. The Bertz CT molecular complexity index is 535. The average molecular weight is 279 g/mol. The number of benzene rings is 1. The first-order valence-electron chi connectivity index (χ1n) is 5.43. The fraction of sp³-hybridized carbons (Fsp3) is 0.308. The quantitative estimate of drug-likeness (QED) is 0.901. The number of hydrogen-bond acceptors (Lipinski definition) is 2. The highest BCUT2D eigenvalue weighted by atomic mass is 79.9. The lowest BCUT2D eigenvalue weighted by molar-refractivity contribution is 1.07. The Morgan fingerprint density at radius 3 is 2.75 bits per heavy atom. The molecule has 0 aliphatic heterocycles. The van der Waals surface area contributed by atoms with E-state index in [4.69, 9.17) is 0 Å². The second kappa shape index (κ2) is 4.42. The van der Waals surface area contributed by atoms with E-state index in [9.17, 15) is 0 Å². The van der Waals surface area contributed by atoms with Crippen LogP contribution in [-0.2, 0) is 6.42 Å². The highest BCUT2D eigenvalue weighted by molar-refractivity contribution is 9.10. The Labute approximate surface area is 104 Å². The first-order valence-corrected chi connectivity index (χ1v) is 6.23. The van der Waals surface area contributed by atoms with Crippen LogP contribution in [0.2, 0.25) is 0 Å². The molecule has 0 aliphatic carbocycles. The summed E-state index contributed by atoms with van der Waals surface area (Å²) in [5.41, 5.74) is 4.66. The molecule has 0 amide bonds. The fourth-order valence-electron chi connectivity index (χ4n) is 2.12. The molecule has 2 rings (SSSR count). The molecule has 2 nitrogen and oxygen atoms in total. The lowest BCUT2D eigenvalue weighted by Crippen LogP contribution is -2.01. The molecule has 0 aliphatic rings. The van der Waals surface area contributed by atoms with Crippen molar-refractivity contribution in [1.82, 2.24) is 4.98 Å². The minimum atomic E-state index is 0.997. The van der Waals surface area contributed by atoms with Crippen molar-refractivity contribution in [2.45, 2.75) is 20.3 Å². The summed E-state index contributed by atoms with van der Waals surface area (Å²) in [5, 5.41) is 4.48. The van der Waals surface area contributed by atoms with Crippen molar-refractivity contribution in [3.05, 3.63) is 33.9 Å². The number of nitrogens with one attached hydrogen (secondary N) is 1. The maximum Gasteiger partial charge on any atom is 0.0726 e. The van der Waals surface area contributed by atoms with Gasteiger partial charge < -0.3 is 5.32 Å². The maximum atomic E-state index is 4.64. The van der Waals surface area contributed by atoms with Crippen molar-refractivity contribution in [3.63, 3.8) is 0 Å². The fourth-order valence-corrected chi connectivity index (χ4v) is 2.48. The zero-order valence-electron chi connectivity index (χ0n) is 9.76. The van der Waals surface area contributed by atoms with Crippen LogP contribution in [0.1, 0.15) is 18.2 Å². The first kappa shape index (κ1) is 11.4. The van der Waals surface area contributed by atoms with E-state index in [1.165, 1.54) is 16.6 Å². The molecule has 3 heteroatoms. The molecule has 0 spiro atoms. The molecule has 84 valence electrons. The number of aryl methyl sites for hydroxylation is 1. The zero-order valence-corrected chi connectivity index (χ0v) is 11.4. The van der Waals surface area contributed by atoms with E-state index in [0.717, 1.165) is 22.1 Å². The molecule has 0 unspecified atom stereocenters. The van der Waals surface area contributed by atoms with Crippen LogP contribution < -0.4 is 5.32 Å². The number of nitrogens with zero attached hydrogens (tertiary/aromatic N) is 1. The van der Waals surface area contributed by atoms with Crippen LogP contribution in [0.5, 0.6) is 0 Å². The van der Waals surface area contributed by atoms with Crippen molar-refractivity contribution in [2.75, 3.05) is 12.4 Å². The molecule has 1 aromatic heterocycles. The van der Waals surface area contributed by atoms with Gasteiger partial charge in [0.1, 0.15) is 0 Å². The van der Waals surface area contributed by atoms with Crippen LogP contribution in [-0.4, -0.2) is 12.0 Å². The lowest BCUT2D eigenvalue weighted by Gasteiger charge is -2.13. The molecule has 1 heterocycles. The number of pyridine rings is 1. The van der Waals surface area contributed by atoms with Gasteiger partial charge in [0, 0.05) is 28.3 Å². The SMILES string of the molecule is CCc1c(C)nc2ccc(Br)cc2c1NC. The smallest absolute Gasteiger partial charge is 0.0726 e. The third-order valence-electron chi connectivity index (χ3n) is 2.86. The minimum Gasteiger partial charge on any atom is -0.387 e. The predicted octanol–water partition coefficient (Wildman–Crippen LogP) is 3.91. The second-order valence-corrected chi connectivity index (χ2v) is 4.73. The van der Waals surface area contributed by atoms with E-state index < -0.39 is 0 Å². The Hall–Kier alpha value is -1.09. The summed E-state index contributed by atoms with van der Waals surface area (Å²) < 4.78 is 1.09. The van der Waals surface area contributed by atoms with Gasteiger partial charge in [0.2, 0.25) is 0 Å². The van der Waals surface area contributed by atoms with Gasteiger partial charge in [-0.1, -0.05) is 22.9 Å². The molecule has 0 atom stereocenters. The van der Waals surface area contributed by atoms with Crippen LogP contribution >= 0.6 is 15.9 Å². The summed E-state index contributed by atoms with van der Waals surface area (Å²) in [5.74, 6) is 0. The van der Waals surface area contributed by atoms with Crippen molar-refractivity contribution >= 4 is 32.5 Å². The largest absolute Gasteiger partial charge is 0.387 e. The van der Waals surface area contributed by atoms with Gasteiger partial charge >= 0.3 is 0 Å². The molecule has 1 N–H and O–H groups in total. The van der Waals surface area contributed by atoms with Crippen LogP contribution in [0, 0.1) is 6.92 Å². The van der Waals surface area contributed by atoms with Gasteiger partial charge in [-0.2, -0.15) is 0 Å². The summed E-state index contributed by atoms with van der Waals surface area (Å²) in [6.07, 6.45) is 0.997. The van der Waals surface area contributed by atoms with Crippen molar-refractivity contribution < 1.29 is 0 Å². The van der Waals surface area contributed by atoms with E-state index in [0.29, 0.717) is 0 Å². The van der Waals surface area contributed by atoms with Crippen molar-refractivity contribution in [2.24, 2.45) is 0 Å². The van der Waals surface area contributed by atoms with Crippen LogP contribution in [0.15, 0.2) is 22.7 Å². The monoisotopic (exact) mass is 278 g/mol. The molecular formula is C13H15BrN2. The first-order chi connectivity index (χ1) is 7.67. The van der Waals surface area contributed by atoms with Gasteiger partial charge in [-0.3, -0.25) is 4.98 Å². The van der Waals surface area contributed by atoms with Gasteiger partial charge in [-0.25, -0.2) is 0 Å². The van der Waals surface area contributed by atoms with Gasteiger partial charge in [0.25, 0.3) is 0 Å². The summed E-state index contributed by atoms with van der Waals surface area (Å²) in [4.78, 5) is 4.64. The van der Waals surface area contributed by atoms with Gasteiger partial charge in [0.15, 0.2) is 0 Å². The minimum absolute atomic E-state index is 0.997. The summed E-state index contributed by atoms with van der Waals surface area (Å²) in [6.45, 7) is 4.23. The molecule has 1 aromatic carbocycles. The number of anilines is 1. The summed E-state index contributed by atoms with van der Waals surface area (Å²) >= 11 is 3.51. The molecule has 0 fully saturated rings. The molecule has 16 heavy (non-hydrogen) atoms. The van der Waals surface area contributed by atoms with Crippen LogP contribution in [0.3, 0.4) is 0 Å². The van der Waals surface area contributed by atoms with Crippen LogP contribution in [0.25, 0.3) is 10.9 Å². The van der Waals surface area contributed by atoms with Crippen LogP contribution in [0.4, 0.5) is 5.69 Å². The molecule has 0 saturated carbocycles. The number of rotatable bonds is 2. The third-order valence-corrected chi connectivity index (χ3v) is 3.35. The van der Waals surface area contributed by atoms with E-state index in [1.807, 2.05) is 19.2 Å². The number of hydrogen-bond donors (Lipinski definition) is 1. The number of aromatic nitrogens is 1. The summed E-state index contributed by atoms with van der Waals surface area (Å²) in [6, 6.07) is 6.19. The summed E-state index contributed by atoms with van der Waals surface area (Å²) in [7, 11) is 1.97. The van der Waals surface area contributed by atoms with E-state index >= 15 is 0 Å². The Morgan fingerprint density at radius 1 is 1.38 bits per heavy atom. The Kier molecular flexibility index (Phi) is 3.15. The topological polar surface area (TPSA) is 24.9 Å². The van der Waals surface area contributed by atoms with E-state index in [-0.39, 0.29) is 0 Å². The lowest BCUT2D eigenvalue weighted by atomic mass is 10.0. The molecule has 0 bridgehead atoms. The number of fused-ring (bicyclic) bond motifs is 1. The van der Waals surface area contributed by atoms with E-state index in [1.54, 1.807) is 0 Å². The Balaban J connectivity index is 2.86. The Morgan fingerprint density at radius 2 is 2.12 bits per heavy atom. The normalized spacial score (nSPS) is 10.8. The highest BCUT2D eigenvalue weighted by Crippen LogP contribution is 2.30. The van der Waals surface area contributed by atoms with E-state index in [2.05, 4.69) is 46.1 Å². The predicted molar refractivity (Wildman–Crippen MR) is 73.1 cm³/mol. The molecule has 2 aromatic rings.